The van der Waals surface area contributed by atoms with Crippen molar-refractivity contribution in [2.24, 2.45) is 0 Å². The summed E-state index contributed by atoms with van der Waals surface area (Å²) in [6.45, 7) is 4.96. The molecule has 0 aromatic rings. The number of esters is 1. The molecule has 0 bridgehead atoms. The molecule has 0 aliphatic carbocycles. The minimum atomic E-state index is -0.841. The lowest BCUT2D eigenvalue weighted by Gasteiger charge is -2.20. The fourth-order valence-corrected chi connectivity index (χ4v) is 13.4. The van der Waals surface area contributed by atoms with E-state index in [2.05, 4.69) is 31.3 Å². The molecule has 0 fully saturated rings. The van der Waals surface area contributed by atoms with E-state index in [0.717, 1.165) is 38.5 Å². The number of aliphatic hydroxyl groups excluding tert-OH is 2. The van der Waals surface area contributed by atoms with Crippen LogP contribution in [0.5, 0.6) is 0 Å². The second-order valence-corrected chi connectivity index (χ2v) is 28.8. The molecule has 1 amide bonds. The Morgan fingerprint density at radius 3 is 0.789 bits per heavy atom. The van der Waals surface area contributed by atoms with E-state index in [0.29, 0.717) is 19.4 Å². The summed E-state index contributed by atoms with van der Waals surface area (Å²) < 4.78 is 5.52. The quantitative estimate of drug-likeness (QED) is 0.0320. The molecular weight excluding hydrogens is 1100 g/mol. The number of allylic oxidation sites excluding steroid dienone is 3. The molecule has 0 saturated carbocycles. The van der Waals surface area contributed by atoms with Crippen LogP contribution in [0, 0.1) is 0 Å². The molecule has 2 atom stereocenters. The van der Waals surface area contributed by atoms with Gasteiger partial charge in [0.1, 0.15) is 0 Å². The van der Waals surface area contributed by atoms with Gasteiger partial charge in [-0.05, 0) is 57.8 Å². The first-order chi connectivity index (χ1) is 44.5. The van der Waals surface area contributed by atoms with E-state index in [4.69, 9.17) is 4.74 Å². The Hall–Kier alpha value is -1.66. The molecule has 0 saturated heterocycles. The molecule has 0 rings (SSSR count). The van der Waals surface area contributed by atoms with Crippen LogP contribution in [0.2, 0.25) is 0 Å². The Bertz CT molecular complexity index is 1410. The Morgan fingerprint density at radius 1 is 0.300 bits per heavy atom. The minimum Gasteiger partial charge on any atom is -0.466 e. The van der Waals surface area contributed by atoms with Gasteiger partial charge in [0.2, 0.25) is 5.91 Å². The number of ether oxygens (including phenoxy) is 1. The second-order valence-electron chi connectivity index (χ2n) is 28.8. The molecule has 0 spiro atoms. The number of hydrogen-bond donors (Lipinski definition) is 3. The van der Waals surface area contributed by atoms with Gasteiger partial charge in [-0.1, -0.05) is 430 Å². The minimum absolute atomic E-state index is 0.0213. The van der Waals surface area contributed by atoms with Crippen LogP contribution in [0.3, 0.4) is 0 Å². The molecule has 3 N–H and O–H groups in total. The predicted octanol–water partition coefficient (Wildman–Crippen LogP) is 27.6. The van der Waals surface area contributed by atoms with Gasteiger partial charge in [-0.3, -0.25) is 9.59 Å². The molecule has 90 heavy (non-hydrogen) atoms. The number of unbranched alkanes of at least 4 members (excludes halogenated alkanes) is 66. The number of aliphatic hydroxyl groups is 2. The third kappa shape index (κ3) is 75.4. The van der Waals surface area contributed by atoms with Crippen LogP contribution in [0.4, 0.5) is 0 Å². The topological polar surface area (TPSA) is 95.9 Å². The van der Waals surface area contributed by atoms with Gasteiger partial charge in [0.15, 0.2) is 0 Å². The molecule has 0 radical (unpaired) electrons. The van der Waals surface area contributed by atoms with Gasteiger partial charge in [-0.2, -0.15) is 0 Å². The summed E-state index contributed by atoms with van der Waals surface area (Å²) in [6, 6.07) is -0.624. The van der Waals surface area contributed by atoms with Crippen molar-refractivity contribution in [3.05, 3.63) is 24.3 Å². The fraction of sp³-hybridized carbons (Fsp3) is 0.929. The first-order valence-electron chi connectivity index (χ1n) is 41.6. The summed E-state index contributed by atoms with van der Waals surface area (Å²) in [6.07, 6.45) is 103. The number of carbonyl (C=O) groups excluding carboxylic acids is 2. The lowest BCUT2D eigenvalue weighted by atomic mass is 10.0. The highest BCUT2D eigenvalue weighted by molar-refractivity contribution is 5.76. The number of rotatable bonds is 79. The number of hydrogen-bond acceptors (Lipinski definition) is 5. The number of nitrogens with one attached hydrogen (secondary N) is 1. The molecular formula is C84H163NO5. The van der Waals surface area contributed by atoms with Gasteiger partial charge in [0.25, 0.3) is 0 Å². The largest absolute Gasteiger partial charge is 0.466 e. The Balaban J connectivity index is 3.31. The molecule has 0 aliphatic heterocycles. The molecule has 534 valence electrons. The van der Waals surface area contributed by atoms with Crippen LogP contribution in [0.25, 0.3) is 0 Å². The summed E-state index contributed by atoms with van der Waals surface area (Å²) >= 11 is 0. The molecule has 0 aromatic heterocycles. The van der Waals surface area contributed by atoms with E-state index in [1.165, 1.54) is 411 Å². The third-order valence-electron chi connectivity index (χ3n) is 19.7. The van der Waals surface area contributed by atoms with Gasteiger partial charge in [0.05, 0.1) is 25.4 Å². The van der Waals surface area contributed by atoms with Crippen molar-refractivity contribution in [3.8, 4) is 0 Å². The van der Waals surface area contributed by atoms with E-state index in [1.807, 2.05) is 6.08 Å². The van der Waals surface area contributed by atoms with Crippen molar-refractivity contribution in [2.75, 3.05) is 13.2 Å². The highest BCUT2D eigenvalue weighted by Gasteiger charge is 2.18. The highest BCUT2D eigenvalue weighted by Crippen LogP contribution is 2.20. The van der Waals surface area contributed by atoms with E-state index in [1.54, 1.807) is 6.08 Å². The van der Waals surface area contributed by atoms with E-state index in [9.17, 15) is 19.8 Å². The normalized spacial score (nSPS) is 12.5. The summed E-state index contributed by atoms with van der Waals surface area (Å²) in [5.74, 6) is -0.0366. The number of amides is 1. The maximum atomic E-state index is 12.5. The van der Waals surface area contributed by atoms with Crippen LogP contribution < -0.4 is 5.32 Å². The lowest BCUT2D eigenvalue weighted by Crippen LogP contribution is -2.45. The van der Waals surface area contributed by atoms with Crippen LogP contribution in [0.1, 0.15) is 476 Å². The molecule has 6 heteroatoms. The van der Waals surface area contributed by atoms with Crippen molar-refractivity contribution in [1.29, 1.82) is 0 Å². The Morgan fingerprint density at radius 2 is 0.522 bits per heavy atom. The van der Waals surface area contributed by atoms with Gasteiger partial charge >= 0.3 is 5.97 Å². The summed E-state index contributed by atoms with van der Waals surface area (Å²) in [5, 5.41) is 23.3. The zero-order valence-corrected chi connectivity index (χ0v) is 61.4. The first-order valence-corrected chi connectivity index (χ1v) is 41.6. The van der Waals surface area contributed by atoms with Crippen LogP contribution in [-0.4, -0.2) is 47.4 Å². The van der Waals surface area contributed by atoms with Gasteiger partial charge < -0.3 is 20.3 Å². The Labute approximate surface area is 564 Å². The number of carbonyl (C=O) groups is 2. The smallest absolute Gasteiger partial charge is 0.305 e. The molecule has 0 aromatic carbocycles. The van der Waals surface area contributed by atoms with Crippen molar-refractivity contribution >= 4 is 11.9 Å². The van der Waals surface area contributed by atoms with Crippen LogP contribution in [-0.2, 0) is 14.3 Å². The van der Waals surface area contributed by atoms with E-state index < -0.39 is 12.1 Å². The SMILES string of the molecule is CCCCCCCCC/C=C\CCCCCCCCCC(=O)OCCCCCCCCCCCCCCCCCCCCCCCCCCCCCCCCCCCCCCCC(=O)NC(CO)C(O)/C=C/CCCCCCCCCCCCCCCCCC. The molecule has 2 unspecified atom stereocenters. The zero-order chi connectivity index (χ0) is 64.9. The van der Waals surface area contributed by atoms with Crippen molar-refractivity contribution in [1.82, 2.24) is 5.32 Å². The van der Waals surface area contributed by atoms with Crippen molar-refractivity contribution in [2.45, 2.75) is 488 Å². The summed E-state index contributed by atoms with van der Waals surface area (Å²) in [4.78, 5) is 24.7. The standard InChI is InChI=1S/C84H163NO5/c1-3-5-7-9-11-13-15-17-19-21-44-48-52-56-60-64-68-72-76-82(87)81(80-86)85-83(88)77-73-69-65-61-57-53-49-45-42-40-38-36-34-32-30-28-26-24-23-25-27-29-31-33-35-37-39-41-43-47-51-55-59-63-67-71-75-79-90-84(89)78-74-70-66-62-58-54-50-46-22-20-18-16-14-12-10-8-6-4-2/h20,22,72,76,81-82,86-87H,3-19,21,23-71,73-75,77-80H2,1-2H3,(H,85,88)/b22-20-,76-72+. The van der Waals surface area contributed by atoms with Gasteiger partial charge in [-0.15, -0.1) is 0 Å². The summed E-state index contributed by atoms with van der Waals surface area (Å²) in [5.41, 5.74) is 0. The monoisotopic (exact) mass is 1270 g/mol. The summed E-state index contributed by atoms with van der Waals surface area (Å²) in [7, 11) is 0. The van der Waals surface area contributed by atoms with Crippen LogP contribution in [0.15, 0.2) is 24.3 Å². The zero-order valence-electron chi connectivity index (χ0n) is 61.4. The fourth-order valence-electron chi connectivity index (χ4n) is 13.4. The maximum Gasteiger partial charge on any atom is 0.305 e. The molecule has 0 aliphatic rings. The second kappa shape index (κ2) is 79.8. The molecule has 0 heterocycles. The Kier molecular flexibility index (Phi) is 78.3. The lowest BCUT2D eigenvalue weighted by molar-refractivity contribution is -0.143. The average Bonchev–Trinajstić information content (AvgIpc) is 3.69. The van der Waals surface area contributed by atoms with Crippen molar-refractivity contribution < 1.29 is 24.5 Å². The van der Waals surface area contributed by atoms with Crippen LogP contribution >= 0.6 is 0 Å². The first kappa shape index (κ1) is 88.3. The highest BCUT2D eigenvalue weighted by atomic mass is 16.5. The third-order valence-corrected chi connectivity index (χ3v) is 19.7. The van der Waals surface area contributed by atoms with E-state index >= 15 is 0 Å². The molecule has 6 nitrogen and oxygen atoms in total. The van der Waals surface area contributed by atoms with Gasteiger partial charge in [-0.25, -0.2) is 0 Å². The van der Waals surface area contributed by atoms with Crippen molar-refractivity contribution in [3.63, 3.8) is 0 Å². The van der Waals surface area contributed by atoms with E-state index in [-0.39, 0.29) is 18.5 Å². The maximum absolute atomic E-state index is 12.5. The van der Waals surface area contributed by atoms with Gasteiger partial charge in [0, 0.05) is 12.8 Å². The average molecular weight is 1270 g/mol. The predicted molar refractivity (Wildman–Crippen MR) is 398 cm³/mol.